The minimum absolute atomic E-state index is 0.0356. The highest BCUT2D eigenvalue weighted by Crippen LogP contribution is 2.19. The molecule has 0 aromatic carbocycles. The van der Waals surface area contributed by atoms with Gasteiger partial charge in [-0.15, -0.1) is 0 Å². The van der Waals surface area contributed by atoms with Crippen LogP contribution in [0.1, 0.15) is 17.4 Å². The molecule has 0 bridgehead atoms. The molecule has 1 unspecified atom stereocenters. The molecule has 1 atom stereocenters. The molecule has 1 aromatic rings. The SMILES string of the molecule is CC1CN(C(=O)c2cccc(Br)n2)CCS1. The molecule has 0 saturated carbocycles. The molecule has 1 aliphatic heterocycles. The van der Waals surface area contributed by atoms with Crippen LogP contribution in [0.4, 0.5) is 0 Å². The molecule has 86 valence electrons. The van der Waals surface area contributed by atoms with E-state index in [0.29, 0.717) is 15.5 Å². The molecule has 1 fully saturated rings. The molecule has 1 amide bonds. The van der Waals surface area contributed by atoms with Crippen molar-refractivity contribution >= 4 is 33.6 Å². The molecular weight excluding hydrogens is 288 g/mol. The number of thioether (sulfide) groups is 1. The number of carbonyl (C=O) groups is 1. The van der Waals surface area contributed by atoms with Gasteiger partial charge in [-0.25, -0.2) is 4.98 Å². The Hall–Kier alpha value is -0.550. The molecular formula is C11H13BrN2OS. The normalized spacial score (nSPS) is 20.9. The second-order valence-electron chi connectivity index (χ2n) is 3.78. The fraction of sp³-hybridized carbons (Fsp3) is 0.455. The molecule has 2 heterocycles. The predicted octanol–water partition coefficient (Wildman–Crippen LogP) is 2.42. The summed E-state index contributed by atoms with van der Waals surface area (Å²) in [5.41, 5.74) is 0.522. The predicted molar refractivity (Wildman–Crippen MR) is 69.8 cm³/mol. The molecule has 1 saturated heterocycles. The summed E-state index contributed by atoms with van der Waals surface area (Å²) in [6.07, 6.45) is 0. The number of halogens is 1. The summed E-state index contributed by atoms with van der Waals surface area (Å²) in [5.74, 6) is 1.05. The average Bonchev–Trinajstić information content (AvgIpc) is 2.28. The molecule has 0 spiro atoms. The van der Waals surface area contributed by atoms with Gasteiger partial charge in [0.05, 0.1) is 0 Å². The average molecular weight is 301 g/mol. The Morgan fingerprint density at radius 3 is 3.12 bits per heavy atom. The standard InChI is InChI=1S/C11H13BrN2OS/c1-8-7-14(5-6-16-8)11(15)9-3-2-4-10(12)13-9/h2-4,8H,5-7H2,1H3. The van der Waals surface area contributed by atoms with Crippen molar-refractivity contribution in [2.45, 2.75) is 12.2 Å². The number of hydrogen-bond acceptors (Lipinski definition) is 3. The third kappa shape index (κ3) is 2.77. The highest BCUT2D eigenvalue weighted by molar-refractivity contribution is 9.10. The first-order valence-electron chi connectivity index (χ1n) is 5.20. The lowest BCUT2D eigenvalue weighted by Gasteiger charge is -2.30. The van der Waals surface area contributed by atoms with E-state index in [1.54, 1.807) is 6.07 Å². The van der Waals surface area contributed by atoms with Crippen LogP contribution < -0.4 is 0 Å². The summed E-state index contributed by atoms with van der Waals surface area (Å²) < 4.78 is 0.706. The first-order chi connectivity index (χ1) is 7.66. The molecule has 1 aromatic heterocycles. The minimum atomic E-state index is 0.0356. The van der Waals surface area contributed by atoms with Gasteiger partial charge in [0.15, 0.2) is 0 Å². The summed E-state index contributed by atoms with van der Waals surface area (Å²) in [6.45, 7) is 3.79. The van der Waals surface area contributed by atoms with Crippen LogP contribution in [0.2, 0.25) is 0 Å². The number of pyridine rings is 1. The summed E-state index contributed by atoms with van der Waals surface area (Å²) in [6, 6.07) is 5.43. The van der Waals surface area contributed by atoms with Crippen molar-refractivity contribution in [3.63, 3.8) is 0 Å². The molecule has 1 aliphatic rings. The third-order valence-electron chi connectivity index (χ3n) is 2.46. The fourth-order valence-electron chi connectivity index (χ4n) is 1.69. The molecule has 5 heteroatoms. The second-order valence-corrected chi connectivity index (χ2v) is 6.14. The maximum Gasteiger partial charge on any atom is 0.272 e. The highest BCUT2D eigenvalue weighted by atomic mass is 79.9. The van der Waals surface area contributed by atoms with Crippen LogP contribution in [-0.4, -0.2) is 39.9 Å². The lowest BCUT2D eigenvalue weighted by molar-refractivity contribution is 0.0757. The molecule has 0 aliphatic carbocycles. The van der Waals surface area contributed by atoms with E-state index in [1.807, 2.05) is 28.8 Å². The van der Waals surface area contributed by atoms with Crippen LogP contribution >= 0.6 is 27.7 Å². The van der Waals surface area contributed by atoms with E-state index >= 15 is 0 Å². The van der Waals surface area contributed by atoms with Crippen molar-refractivity contribution in [1.82, 2.24) is 9.88 Å². The van der Waals surface area contributed by atoms with Crippen LogP contribution in [0, 0.1) is 0 Å². The Balaban J connectivity index is 2.12. The number of hydrogen-bond donors (Lipinski definition) is 0. The Bertz CT molecular complexity index is 399. The summed E-state index contributed by atoms with van der Waals surface area (Å²) >= 11 is 5.19. The van der Waals surface area contributed by atoms with E-state index in [1.165, 1.54) is 0 Å². The van der Waals surface area contributed by atoms with Crippen LogP contribution in [0.25, 0.3) is 0 Å². The Kier molecular flexibility index (Phi) is 3.86. The molecule has 0 N–H and O–H groups in total. The Morgan fingerprint density at radius 2 is 2.44 bits per heavy atom. The van der Waals surface area contributed by atoms with E-state index in [0.717, 1.165) is 18.8 Å². The number of rotatable bonds is 1. The first-order valence-corrected chi connectivity index (χ1v) is 7.04. The van der Waals surface area contributed by atoms with Crippen molar-refractivity contribution in [2.24, 2.45) is 0 Å². The first kappa shape index (κ1) is 11.9. The van der Waals surface area contributed by atoms with Gasteiger partial charge in [-0.3, -0.25) is 4.79 Å². The van der Waals surface area contributed by atoms with Gasteiger partial charge in [-0.05, 0) is 28.1 Å². The molecule has 2 rings (SSSR count). The van der Waals surface area contributed by atoms with Crippen molar-refractivity contribution in [3.05, 3.63) is 28.5 Å². The molecule has 3 nitrogen and oxygen atoms in total. The van der Waals surface area contributed by atoms with Gasteiger partial charge >= 0.3 is 0 Å². The number of amides is 1. The molecule has 16 heavy (non-hydrogen) atoms. The highest BCUT2D eigenvalue weighted by Gasteiger charge is 2.23. The van der Waals surface area contributed by atoms with Gasteiger partial charge in [0, 0.05) is 24.1 Å². The van der Waals surface area contributed by atoms with Crippen LogP contribution in [0.15, 0.2) is 22.8 Å². The van der Waals surface area contributed by atoms with Gasteiger partial charge < -0.3 is 4.90 Å². The maximum atomic E-state index is 12.1. The van der Waals surface area contributed by atoms with Crippen molar-refractivity contribution < 1.29 is 4.79 Å². The van der Waals surface area contributed by atoms with Gasteiger partial charge in [0.1, 0.15) is 10.3 Å². The minimum Gasteiger partial charge on any atom is -0.335 e. The van der Waals surface area contributed by atoms with Gasteiger partial charge in [-0.2, -0.15) is 11.8 Å². The van der Waals surface area contributed by atoms with E-state index in [-0.39, 0.29) is 5.91 Å². The smallest absolute Gasteiger partial charge is 0.272 e. The maximum absolute atomic E-state index is 12.1. The monoisotopic (exact) mass is 300 g/mol. The summed E-state index contributed by atoms with van der Waals surface area (Å²) in [4.78, 5) is 18.2. The van der Waals surface area contributed by atoms with Crippen molar-refractivity contribution in [2.75, 3.05) is 18.8 Å². The van der Waals surface area contributed by atoms with E-state index in [4.69, 9.17) is 0 Å². The Labute approximate surface area is 108 Å². The lowest BCUT2D eigenvalue weighted by Crippen LogP contribution is -2.41. The largest absolute Gasteiger partial charge is 0.335 e. The number of aromatic nitrogens is 1. The molecule has 0 radical (unpaired) electrons. The quantitative estimate of drug-likeness (QED) is 0.747. The van der Waals surface area contributed by atoms with Crippen LogP contribution in [0.5, 0.6) is 0 Å². The van der Waals surface area contributed by atoms with Crippen molar-refractivity contribution in [3.8, 4) is 0 Å². The summed E-state index contributed by atoms with van der Waals surface area (Å²) in [5, 5.41) is 0.518. The second kappa shape index (κ2) is 5.19. The third-order valence-corrected chi connectivity index (χ3v) is 4.04. The lowest BCUT2D eigenvalue weighted by atomic mass is 10.3. The number of nitrogens with zero attached hydrogens (tertiary/aromatic N) is 2. The van der Waals surface area contributed by atoms with E-state index < -0.39 is 0 Å². The van der Waals surface area contributed by atoms with Crippen LogP contribution in [-0.2, 0) is 0 Å². The van der Waals surface area contributed by atoms with Gasteiger partial charge in [0.2, 0.25) is 0 Å². The van der Waals surface area contributed by atoms with E-state index in [9.17, 15) is 4.79 Å². The number of carbonyl (C=O) groups excluding carboxylic acids is 1. The topological polar surface area (TPSA) is 33.2 Å². The zero-order valence-electron chi connectivity index (χ0n) is 9.02. The van der Waals surface area contributed by atoms with Crippen molar-refractivity contribution in [1.29, 1.82) is 0 Å². The zero-order valence-corrected chi connectivity index (χ0v) is 11.4. The van der Waals surface area contributed by atoms with Crippen LogP contribution in [0.3, 0.4) is 0 Å². The fourth-order valence-corrected chi connectivity index (χ4v) is 3.05. The van der Waals surface area contributed by atoms with Gasteiger partial charge in [-0.1, -0.05) is 13.0 Å². The van der Waals surface area contributed by atoms with E-state index in [2.05, 4.69) is 27.8 Å². The Morgan fingerprint density at radius 1 is 1.62 bits per heavy atom. The van der Waals surface area contributed by atoms with Gasteiger partial charge in [0.25, 0.3) is 5.91 Å². The zero-order chi connectivity index (χ0) is 11.5. The summed E-state index contributed by atoms with van der Waals surface area (Å²) in [7, 11) is 0.